The minimum absolute atomic E-state index is 0.0184. The fraction of sp³-hybridized carbons (Fsp3) is 0.619. The number of guanidine groups is 1. The van der Waals surface area contributed by atoms with Gasteiger partial charge in [0.2, 0.25) is 0 Å². The largest absolute Gasteiger partial charge is 0.469 e. The van der Waals surface area contributed by atoms with Gasteiger partial charge in [-0.1, -0.05) is 12.1 Å². The zero-order chi connectivity index (χ0) is 19.8. The van der Waals surface area contributed by atoms with Crippen LogP contribution in [0, 0.1) is 5.92 Å². The molecule has 0 aromatic heterocycles. The molecule has 1 N–H and O–H groups in total. The number of nitrogens with one attached hydrogen (secondary N) is 1. The third kappa shape index (κ3) is 5.56. The normalized spacial score (nSPS) is 18.9. The van der Waals surface area contributed by atoms with E-state index in [-0.39, 0.29) is 11.9 Å². The van der Waals surface area contributed by atoms with Crippen LogP contribution in [0.1, 0.15) is 25.3 Å². The molecular formula is C21H32N4O2S. The molecule has 2 saturated heterocycles. The monoisotopic (exact) mass is 404 g/mol. The first-order valence-corrected chi connectivity index (χ1v) is 11.4. The predicted molar refractivity (Wildman–Crippen MR) is 117 cm³/mol. The molecule has 0 spiro atoms. The number of hydrogen-bond donors (Lipinski definition) is 1. The van der Waals surface area contributed by atoms with Crippen molar-refractivity contribution in [2.45, 2.75) is 26.3 Å². The van der Waals surface area contributed by atoms with E-state index in [0.29, 0.717) is 6.54 Å². The van der Waals surface area contributed by atoms with Crippen molar-refractivity contribution in [2.75, 3.05) is 56.2 Å². The number of piperidine rings is 1. The molecule has 0 saturated carbocycles. The van der Waals surface area contributed by atoms with Crippen molar-refractivity contribution in [1.82, 2.24) is 10.2 Å². The van der Waals surface area contributed by atoms with E-state index in [1.165, 1.54) is 29.9 Å². The highest BCUT2D eigenvalue weighted by molar-refractivity contribution is 7.99. The van der Waals surface area contributed by atoms with E-state index in [2.05, 4.69) is 46.3 Å². The minimum Gasteiger partial charge on any atom is -0.469 e. The van der Waals surface area contributed by atoms with Crippen LogP contribution in [-0.2, 0) is 16.1 Å². The predicted octanol–water partition coefficient (Wildman–Crippen LogP) is 2.59. The second-order valence-corrected chi connectivity index (χ2v) is 8.45. The summed E-state index contributed by atoms with van der Waals surface area (Å²) in [6.45, 7) is 7.51. The average Bonchev–Trinajstić information content (AvgIpc) is 2.77. The first kappa shape index (κ1) is 20.8. The fourth-order valence-electron chi connectivity index (χ4n) is 3.72. The van der Waals surface area contributed by atoms with Crippen molar-refractivity contribution in [3.05, 3.63) is 29.8 Å². The number of carbonyl (C=O) groups excluding carboxylic acids is 1. The average molecular weight is 405 g/mol. The summed E-state index contributed by atoms with van der Waals surface area (Å²) in [6.07, 6.45) is 1.64. The maximum absolute atomic E-state index is 11.7. The molecule has 0 amide bonds. The number of rotatable bonds is 5. The lowest BCUT2D eigenvalue weighted by Gasteiger charge is -2.33. The molecule has 7 heteroatoms. The van der Waals surface area contributed by atoms with Crippen LogP contribution in [-0.4, -0.2) is 68.2 Å². The topological polar surface area (TPSA) is 57.2 Å². The van der Waals surface area contributed by atoms with Gasteiger partial charge in [0.05, 0.1) is 19.6 Å². The van der Waals surface area contributed by atoms with Crippen LogP contribution in [0.25, 0.3) is 0 Å². The summed E-state index contributed by atoms with van der Waals surface area (Å²) in [4.78, 5) is 21.3. The van der Waals surface area contributed by atoms with Crippen LogP contribution in [0.15, 0.2) is 29.3 Å². The minimum atomic E-state index is -0.0889. The lowest BCUT2D eigenvalue weighted by molar-refractivity contribution is -0.146. The molecule has 6 nitrogen and oxygen atoms in total. The first-order chi connectivity index (χ1) is 13.7. The number of carbonyl (C=O) groups is 1. The molecule has 0 atom stereocenters. The maximum Gasteiger partial charge on any atom is 0.308 e. The zero-order valence-electron chi connectivity index (χ0n) is 17.0. The molecule has 1 aromatic rings. The Morgan fingerprint density at radius 2 is 1.86 bits per heavy atom. The van der Waals surface area contributed by atoms with E-state index in [4.69, 9.17) is 9.73 Å². The highest BCUT2D eigenvalue weighted by Crippen LogP contribution is 2.21. The zero-order valence-corrected chi connectivity index (χ0v) is 17.8. The van der Waals surface area contributed by atoms with Crippen molar-refractivity contribution in [3.63, 3.8) is 0 Å². The van der Waals surface area contributed by atoms with Gasteiger partial charge in [0.15, 0.2) is 5.96 Å². The summed E-state index contributed by atoms with van der Waals surface area (Å²) in [5.74, 6) is 3.29. The molecule has 2 heterocycles. The van der Waals surface area contributed by atoms with Gasteiger partial charge >= 0.3 is 5.97 Å². The van der Waals surface area contributed by atoms with E-state index in [1.54, 1.807) is 0 Å². The van der Waals surface area contributed by atoms with E-state index in [0.717, 1.165) is 51.5 Å². The van der Waals surface area contributed by atoms with Crippen LogP contribution in [0.4, 0.5) is 5.69 Å². The third-order valence-corrected chi connectivity index (χ3v) is 6.33. The molecule has 0 radical (unpaired) electrons. The lowest BCUT2D eigenvalue weighted by atomic mass is 9.97. The summed E-state index contributed by atoms with van der Waals surface area (Å²) in [7, 11) is 1.47. The number of anilines is 1. The Hall–Kier alpha value is -1.89. The Labute approximate surface area is 172 Å². The molecule has 154 valence electrons. The Kier molecular flexibility index (Phi) is 7.89. The molecule has 2 fully saturated rings. The van der Waals surface area contributed by atoms with Gasteiger partial charge in [0, 0.05) is 49.9 Å². The van der Waals surface area contributed by atoms with Gasteiger partial charge in [0.1, 0.15) is 0 Å². The van der Waals surface area contributed by atoms with Gasteiger partial charge in [-0.25, -0.2) is 4.99 Å². The van der Waals surface area contributed by atoms with Crippen molar-refractivity contribution in [1.29, 1.82) is 0 Å². The molecule has 0 bridgehead atoms. The van der Waals surface area contributed by atoms with Crippen molar-refractivity contribution < 1.29 is 9.53 Å². The fourth-order valence-corrected chi connectivity index (χ4v) is 4.62. The van der Waals surface area contributed by atoms with Gasteiger partial charge < -0.3 is 19.9 Å². The van der Waals surface area contributed by atoms with Crippen LogP contribution in [0.3, 0.4) is 0 Å². The Morgan fingerprint density at radius 3 is 2.46 bits per heavy atom. The van der Waals surface area contributed by atoms with Crippen LogP contribution in [0.5, 0.6) is 0 Å². The summed E-state index contributed by atoms with van der Waals surface area (Å²) < 4.78 is 4.88. The molecule has 0 aliphatic carbocycles. The number of hydrogen-bond acceptors (Lipinski definition) is 5. The van der Waals surface area contributed by atoms with Crippen LogP contribution >= 0.6 is 11.8 Å². The quantitative estimate of drug-likeness (QED) is 0.463. The number of benzene rings is 1. The number of thioether (sulfide) groups is 1. The van der Waals surface area contributed by atoms with Crippen LogP contribution in [0.2, 0.25) is 0 Å². The number of likely N-dealkylation sites (tertiary alicyclic amines) is 1. The second-order valence-electron chi connectivity index (χ2n) is 7.22. The standard InChI is InChI=1S/C21H32N4O2S/c1-3-22-21(25-10-8-18(9-11-25)20(26)27-2)23-16-17-4-6-19(7-5-17)24-12-14-28-15-13-24/h4-7,18H,3,8-16H2,1-2H3,(H,22,23). The highest BCUT2D eigenvalue weighted by atomic mass is 32.2. The maximum atomic E-state index is 11.7. The van der Waals surface area contributed by atoms with Crippen molar-refractivity contribution in [3.8, 4) is 0 Å². The number of methoxy groups -OCH3 is 1. The van der Waals surface area contributed by atoms with Gasteiger partial charge in [0.25, 0.3) is 0 Å². The lowest BCUT2D eigenvalue weighted by Crippen LogP contribution is -2.46. The molecule has 0 unspecified atom stereocenters. The molecule has 2 aliphatic heterocycles. The number of esters is 1. The number of nitrogens with zero attached hydrogens (tertiary/aromatic N) is 3. The number of aliphatic imine (C=N–C) groups is 1. The van der Waals surface area contributed by atoms with E-state index < -0.39 is 0 Å². The van der Waals surface area contributed by atoms with Crippen molar-refractivity contribution in [2.24, 2.45) is 10.9 Å². The Morgan fingerprint density at radius 1 is 1.18 bits per heavy atom. The molecule has 1 aromatic carbocycles. The van der Waals surface area contributed by atoms with Gasteiger partial charge in [-0.15, -0.1) is 0 Å². The van der Waals surface area contributed by atoms with E-state index in [1.807, 2.05) is 11.8 Å². The van der Waals surface area contributed by atoms with Gasteiger partial charge in [-0.3, -0.25) is 4.79 Å². The first-order valence-electron chi connectivity index (χ1n) is 10.2. The SMILES string of the molecule is CCNC(=NCc1ccc(N2CCSCC2)cc1)N1CCC(C(=O)OC)CC1. The highest BCUT2D eigenvalue weighted by Gasteiger charge is 2.26. The molecular weight excluding hydrogens is 372 g/mol. The van der Waals surface area contributed by atoms with Crippen LogP contribution < -0.4 is 10.2 Å². The third-order valence-electron chi connectivity index (χ3n) is 5.39. The van der Waals surface area contributed by atoms with Crippen molar-refractivity contribution >= 4 is 29.4 Å². The summed E-state index contributed by atoms with van der Waals surface area (Å²) in [5.41, 5.74) is 2.53. The smallest absolute Gasteiger partial charge is 0.308 e. The molecule has 3 rings (SSSR count). The summed E-state index contributed by atoms with van der Waals surface area (Å²) >= 11 is 2.03. The Bertz CT molecular complexity index is 651. The second kappa shape index (κ2) is 10.6. The van der Waals surface area contributed by atoms with E-state index >= 15 is 0 Å². The van der Waals surface area contributed by atoms with Gasteiger partial charge in [-0.2, -0.15) is 11.8 Å². The van der Waals surface area contributed by atoms with Gasteiger partial charge in [-0.05, 0) is 37.5 Å². The number of ether oxygens (including phenoxy) is 1. The Balaban J connectivity index is 1.57. The summed E-state index contributed by atoms with van der Waals surface area (Å²) in [5, 5.41) is 3.39. The van der Waals surface area contributed by atoms with E-state index in [9.17, 15) is 4.79 Å². The molecule has 28 heavy (non-hydrogen) atoms. The summed E-state index contributed by atoms with van der Waals surface area (Å²) in [6, 6.07) is 8.81. The molecule has 2 aliphatic rings.